The zero-order valence-corrected chi connectivity index (χ0v) is 13.3. The Hall–Kier alpha value is -2.33. The van der Waals surface area contributed by atoms with Crippen LogP contribution in [0.2, 0.25) is 0 Å². The number of ether oxygens (including phenoxy) is 1. The second-order valence-corrected chi connectivity index (χ2v) is 5.70. The molecule has 1 amide bonds. The summed E-state index contributed by atoms with van der Waals surface area (Å²) in [5.74, 6) is 0.693. The van der Waals surface area contributed by atoms with Gasteiger partial charge in [0.1, 0.15) is 5.75 Å². The van der Waals surface area contributed by atoms with Crippen molar-refractivity contribution in [2.75, 3.05) is 18.5 Å². The Morgan fingerprint density at radius 1 is 1.22 bits per heavy atom. The first kappa shape index (κ1) is 15.6. The highest BCUT2D eigenvalue weighted by Crippen LogP contribution is 2.34. The number of carbonyl (C=O) groups is 1. The zero-order valence-electron chi connectivity index (χ0n) is 13.3. The fourth-order valence-electron chi connectivity index (χ4n) is 2.87. The van der Waals surface area contributed by atoms with E-state index in [2.05, 4.69) is 23.6 Å². The molecule has 0 aromatic heterocycles. The molecule has 2 N–H and O–H groups in total. The number of amides is 1. The molecule has 0 saturated heterocycles. The number of hydrogen-bond acceptors (Lipinski definition) is 3. The number of benzene rings is 2. The summed E-state index contributed by atoms with van der Waals surface area (Å²) in [6.45, 7) is 4.39. The van der Waals surface area contributed by atoms with Gasteiger partial charge in [0.25, 0.3) is 0 Å². The van der Waals surface area contributed by atoms with Crippen LogP contribution in [0.15, 0.2) is 48.5 Å². The Morgan fingerprint density at radius 2 is 2.09 bits per heavy atom. The van der Waals surface area contributed by atoms with Crippen molar-refractivity contribution in [1.82, 2.24) is 5.32 Å². The number of hydrogen-bond donors (Lipinski definition) is 2. The van der Waals surface area contributed by atoms with Gasteiger partial charge in [0.2, 0.25) is 5.91 Å². The molecular formula is C19H22N2O2. The molecule has 0 spiro atoms. The number of para-hydroxylation sites is 1. The van der Waals surface area contributed by atoms with Crippen molar-refractivity contribution in [2.45, 2.75) is 25.8 Å². The first-order chi connectivity index (χ1) is 11.3. The molecule has 1 heterocycles. The summed E-state index contributed by atoms with van der Waals surface area (Å²) in [6, 6.07) is 15.8. The Labute approximate surface area is 136 Å². The van der Waals surface area contributed by atoms with Gasteiger partial charge in [-0.3, -0.25) is 4.79 Å². The Morgan fingerprint density at radius 3 is 2.96 bits per heavy atom. The van der Waals surface area contributed by atoms with Gasteiger partial charge in [0, 0.05) is 17.8 Å². The summed E-state index contributed by atoms with van der Waals surface area (Å²) in [7, 11) is 0. The third kappa shape index (κ3) is 3.71. The fraction of sp³-hybridized carbons (Fsp3) is 0.316. The van der Waals surface area contributed by atoms with E-state index in [1.165, 1.54) is 0 Å². The maximum Gasteiger partial charge on any atom is 0.232 e. The third-order valence-corrected chi connectivity index (χ3v) is 4.05. The lowest BCUT2D eigenvalue weighted by Crippen LogP contribution is -2.26. The van der Waals surface area contributed by atoms with E-state index in [1.807, 2.05) is 42.5 Å². The maximum absolute atomic E-state index is 12.7. The predicted molar refractivity (Wildman–Crippen MR) is 91.7 cm³/mol. The summed E-state index contributed by atoms with van der Waals surface area (Å²) >= 11 is 0. The molecule has 120 valence electrons. The first-order valence-electron chi connectivity index (χ1n) is 8.10. The van der Waals surface area contributed by atoms with E-state index in [0.717, 1.165) is 35.7 Å². The lowest BCUT2D eigenvalue weighted by atomic mass is 9.92. The predicted octanol–water partition coefficient (Wildman–Crippen LogP) is 3.30. The van der Waals surface area contributed by atoms with Gasteiger partial charge in [0.05, 0.1) is 12.5 Å². The fourth-order valence-corrected chi connectivity index (χ4v) is 2.87. The molecule has 0 aliphatic carbocycles. The normalized spacial score (nSPS) is 16.3. The Bertz CT molecular complexity index is 685. The summed E-state index contributed by atoms with van der Waals surface area (Å²) in [6.07, 6.45) is 0.708. The average molecular weight is 310 g/mol. The van der Waals surface area contributed by atoms with Gasteiger partial charge in [-0.15, -0.1) is 0 Å². The van der Waals surface area contributed by atoms with Crippen molar-refractivity contribution in [2.24, 2.45) is 0 Å². The molecule has 4 nitrogen and oxygen atoms in total. The van der Waals surface area contributed by atoms with E-state index in [1.54, 1.807) is 0 Å². The van der Waals surface area contributed by atoms with Crippen molar-refractivity contribution >= 4 is 11.6 Å². The molecule has 0 unspecified atom stereocenters. The number of anilines is 1. The van der Waals surface area contributed by atoms with Crippen LogP contribution in [0.1, 0.15) is 30.4 Å². The highest BCUT2D eigenvalue weighted by atomic mass is 16.5. The van der Waals surface area contributed by atoms with Gasteiger partial charge in [-0.05, 0) is 36.7 Å². The molecule has 1 aliphatic rings. The minimum atomic E-state index is -0.155. The van der Waals surface area contributed by atoms with Crippen molar-refractivity contribution in [3.05, 3.63) is 59.7 Å². The SMILES string of the molecule is CCNCc1cccc(NC(=O)[C@@H]2CCOc3ccccc32)c1. The monoisotopic (exact) mass is 310 g/mol. The first-order valence-corrected chi connectivity index (χ1v) is 8.10. The molecule has 2 aromatic carbocycles. The van der Waals surface area contributed by atoms with Gasteiger partial charge >= 0.3 is 0 Å². The van der Waals surface area contributed by atoms with E-state index < -0.39 is 0 Å². The van der Waals surface area contributed by atoms with E-state index in [9.17, 15) is 4.79 Å². The zero-order chi connectivity index (χ0) is 16.1. The highest BCUT2D eigenvalue weighted by Gasteiger charge is 2.27. The molecule has 23 heavy (non-hydrogen) atoms. The van der Waals surface area contributed by atoms with Gasteiger partial charge in [-0.25, -0.2) is 0 Å². The van der Waals surface area contributed by atoms with Crippen LogP contribution in [0, 0.1) is 0 Å². The van der Waals surface area contributed by atoms with Crippen molar-refractivity contribution in [1.29, 1.82) is 0 Å². The number of nitrogens with one attached hydrogen (secondary N) is 2. The van der Waals surface area contributed by atoms with Crippen LogP contribution in [0.4, 0.5) is 5.69 Å². The number of carbonyl (C=O) groups excluding carboxylic acids is 1. The van der Waals surface area contributed by atoms with Crippen molar-refractivity contribution in [3.63, 3.8) is 0 Å². The molecule has 0 bridgehead atoms. The quantitative estimate of drug-likeness (QED) is 0.891. The van der Waals surface area contributed by atoms with Gasteiger partial charge in [-0.1, -0.05) is 37.3 Å². The van der Waals surface area contributed by atoms with Crippen LogP contribution in [0.3, 0.4) is 0 Å². The topological polar surface area (TPSA) is 50.4 Å². The van der Waals surface area contributed by atoms with Crippen LogP contribution in [0.5, 0.6) is 5.75 Å². The van der Waals surface area contributed by atoms with Crippen LogP contribution in [0.25, 0.3) is 0 Å². The minimum Gasteiger partial charge on any atom is -0.493 e. The van der Waals surface area contributed by atoms with Crippen molar-refractivity contribution < 1.29 is 9.53 Å². The third-order valence-electron chi connectivity index (χ3n) is 4.05. The van der Waals surface area contributed by atoms with Gasteiger partial charge in [-0.2, -0.15) is 0 Å². The highest BCUT2D eigenvalue weighted by molar-refractivity contribution is 5.96. The van der Waals surface area contributed by atoms with Gasteiger partial charge in [0.15, 0.2) is 0 Å². The smallest absolute Gasteiger partial charge is 0.232 e. The summed E-state index contributed by atoms with van der Waals surface area (Å²) in [5.41, 5.74) is 2.98. The lowest BCUT2D eigenvalue weighted by Gasteiger charge is -2.25. The van der Waals surface area contributed by atoms with E-state index in [-0.39, 0.29) is 11.8 Å². The molecule has 4 heteroatoms. The Kier molecular flexibility index (Phi) is 4.93. The number of fused-ring (bicyclic) bond motifs is 1. The lowest BCUT2D eigenvalue weighted by molar-refractivity contribution is -0.118. The van der Waals surface area contributed by atoms with Crippen LogP contribution in [-0.2, 0) is 11.3 Å². The summed E-state index contributed by atoms with van der Waals surface area (Å²) in [5, 5.41) is 6.34. The summed E-state index contributed by atoms with van der Waals surface area (Å²) in [4.78, 5) is 12.7. The maximum atomic E-state index is 12.7. The second-order valence-electron chi connectivity index (χ2n) is 5.70. The molecule has 0 saturated carbocycles. The van der Waals surface area contributed by atoms with Crippen LogP contribution in [-0.4, -0.2) is 19.1 Å². The molecule has 1 atom stereocenters. The standard InChI is InChI=1S/C19H22N2O2/c1-2-20-13-14-6-5-7-15(12-14)21-19(22)17-10-11-23-18-9-4-3-8-16(17)18/h3-9,12,17,20H,2,10-11,13H2,1H3,(H,21,22)/t17-/m1/s1. The van der Waals surface area contributed by atoms with Crippen LogP contribution >= 0.6 is 0 Å². The Balaban J connectivity index is 1.73. The molecule has 1 aliphatic heterocycles. The van der Waals surface area contributed by atoms with E-state index in [0.29, 0.717) is 13.0 Å². The molecule has 0 radical (unpaired) electrons. The van der Waals surface area contributed by atoms with E-state index in [4.69, 9.17) is 4.74 Å². The van der Waals surface area contributed by atoms with Crippen molar-refractivity contribution in [3.8, 4) is 5.75 Å². The summed E-state index contributed by atoms with van der Waals surface area (Å²) < 4.78 is 5.63. The second kappa shape index (κ2) is 7.29. The number of rotatable bonds is 5. The van der Waals surface area contributed by atoms with E-state index >= 15 is 0 Å². The molecule has 3 rings (SSSR count). The molecule has 2 aromatic rings. The van der Waals surface area contributed by atoms with Crippen LogP contribution < -0.4 is 15.4 Å². The minimum absolute atomic E-state index is 0.0290. The van der Waals surface area contributed by atoms with Gasteiger partial charge < -0.3 is 15.4 Å². The molecular weight excluding hydrogens is 288 g/mol. The average Bonchev–Trinajstić information content (AvgIpc) is 2.59. The largest absolute Gasteiger partial charge is 0.493 e. The molecule has 0 fully saturated rings.